The van der Waals surface area contributed by atoms with Crippen molar-refractivity contribution in [2.75, 3.05) is 18.4 Å². The van der Waals surface area contributed by atoms with Crippen LogP contribution in [0.2, 0.25) is 0 Å². The molecule has 3 aromatic heterocycles. The Hall–Kier alpha value is -3.18. The lowest BCUT2D eigenvalue weighted by molar-refractivity contribution is 0.0206. The van der Waals surface area contributed by atoms with E-state index in [1.807, 2.05) is 27.7 Å². The first-order valence-corrected chi connectivity index (χ1v) is 11.0. The molecular formula is C22H29BN6O4. The lowest BCUT2D eigenvalue weighted by Gasteiger charge is -2.34. The molecule has 0 radical (unpaired) electrons. The van der Waals surface area contributed by atoms with E-state index in [0.717, 1.165) is 35.0 Å². The monoisotopic (exact) mass is 452 g/mol. The van der Waals surface area contributed by atoms with Crippen molar-refractivity contribution in [1.29, 1.82) is 0 Å². The number of hydrogen-bond acceptors (Lipinski definition) is 8. The van der Waals surface area contributed by atoms with Gasteiger partial charge in [0.25, 0.3) is 0 Å². The number of H-pyrrole nitrogens is 1. The molecule has 0 aromatic carbocycles. The van der Waals surface area contributed by atoms with Crippen LogP contribution in [-0.4, -0.2) is 72.8 Å². The van der Waals surface area contributed by atoms with Gasteiger partial charge in [0.15, 0.2) is 0 Å². The molecule has 1 aliphatic heterocycles. The summed E-state index contributed by atoms with van der Waals surface area (Å²) in [5.74, 6) is 0.483. The normalized spacial score (nSPS) is 16.7. The molecule has 3 aromatic rings. The maximum Gasteiger partial charge on any atom is 0.508 e. The van der Waals surface area contributed by atoms with Crippen molar-refractivity contribution in [3.63, 3.8) is 0 Å². The molecule has 1 atom stereocenters. The van der Waals surface area contributed by atoms with Crippen LogP contribution in [0.25, 0.3) is 22.3 Å². The predicted molar refractivity (Wildman–Crippen MR) is 126 cm³/mol. The van der Waals surface area contributed by atoms with Crippen molar-refractivity contribution in [3.8, 4) is 11.3 Å². The van der Waals surface area contributed by atoms with Crippen molar-refractivity contribution in [1.82, 2.24) is 24.8 Å². The predicted octanol–water partition coefficient (Wildman–Crippen LogP) is 1.82. The summed E-state index contributed by atoms with van der Waals surface area (Å²) < 4.78 is 5.51. The van der Waals surface area contributed by atoms with Crippen LogP contribution < -0.4 is 10.9 Å². The topological polar surface area (TPSA) is 136 Å². The lowest BCUT2D eigenvalue weighted by Crippen LogP contribution is -2.47. The fraction of sp³-hybridized carbons (Fsp3) is 0.455. The molecule has 4 rings (SSSR count). The van der Waals surface area contributed by atoms with Gasteiger partial charge in [0.2, 0.25) is 5.95 Å². The van der Waals surface area contributed by atoms with Crippen LogP contribution in [0, 0.1) is 6.92 Å². The Morgan fingerprint density at radius 2 is 2.09 bits per heavy atom. The standard InChI is InChI=1S/C22H29BN6O4/c1-13-10-25-20(26-14-6-5-9-29(12-14)21(30)33-22(2,3)4)28-18(13)16-11-24-19-15(16)7-8-17(27-19)23(31)32/h7-8,10-11,14,31-32H,5-6,9,12H2,1-4H3,(H,24,27)(H,25,26,28)/t14-/m0/s1. The Morgan fingerprint density at radius 1 is 1.30 bits per heavy atom. The zero-order chi connectivity index (χ0) is 23.8. The number of rotatable bonds is 4. The first-order chi connectivity index (χ1) is 15.6. The molecule has 0 saturated carbocycles. The summed E-state index contributed by atoms with van der Waals surface area (Å²) in [6.45, 7) is 8.70. The fourth-order valence-electron chi connectivity index (χ4n) is 3.91. The molecule has 0 spiro atoms. The molecule has 1 saturated heterocycles. The highest BCUT2D eigenvalue weighted by atomic mass is 16.6. The second kappa shape index (κ2) is 8.99. The lowest BCUT2D eigenvalue weighted by atomic mass is 9.85. The number of anilines is 1. The molecule has 0 bridgehead atoms. The van der Waals surface area contributed by atoms with Gasteiger partial charge < -0.3 is 30.0 Å². The Kier molecular flexibility index (Phi) is 6.27. The maximum absolute atomic E-state index is 12.5. The highest BCUT2D eigenvalue weighted by molar-refractivity contribution is 6.57. The quantitative estimate of drug-likeness (QED) is 0.440. The van der Waals surface area contributed by atoms with Crippen LogP contribution >= 0.6 is 0 Å². The average molecular weight is 452 g/mol. The molecule has 4 heterocycles. The first kappa shape index (κ1) is 23.0. The van der Waals surface area contributed by atoms with Gasteiger partial charge in [-0.15, -0.1) is 0 Å². The number of aryl methyl sites for hydroxylation is 1. The maximum atomic E-state index is 12.5. The SMILES string of the molecule is Cc1cnc(N[C@H]2CCCN(C(=O)OC(C)(C)C)C2)nc1-c1c[nH]c2nc(B(O)O)ccc12. The molecule has 0 aliphatic carbocycles. The fourth-order valence-corrected chi connectivity index (χ4v) is 3.91. The number of fused-ring (bicyclic) bond motifs is 1. The number of nitrogens with one attached hydrogen (secondary N) is 2. The van der Waals surface area contributed by atoms with Gasteiger partial charge in [-0.3, -0.25) is 0 Å². The number of hydrogen-bond donors (Lipinski definition) is 4. The van der Waals surface area contributed by atoms with Crippen molar-refractivity contribution >= 4 is 35.8 Å². The second-order valence-corrected chi connectivity index (χ2v) is 9.34. The number of piperidine rings is 1. The van der Waals surface area contributed by atoms with E-state index >= 15 is 0 Å². The number of amides is 1. The van der Waals surface area contributed by atoms with Gasteiger partial charge in [0.1, 0.15) is 11.2 Å². The number of carbonyl (C=O) groups is 1. The van der Waals surface area contributed by atoms with E-state index in [0.29, 0.717) is 24.7 Å². The van der Waals surface area contributed by atoms with Crippen molar-refractivity contribution < 1.29 is 19.6 Å². The second-order valence-electron chi connectivity index (χ2n) is 9.34. The zero-order valence-electron chi connectivity index (χ0n) is 19.3. The molecule has 10 nitrogen and oxygen atoms in total. The molecule has 174 valence electrons. The molecule has 1 amide bonds. The minimum absolute atomic E-state index is 0.0139. The number of ether oxygens (including phenoxy) is 1. The molecule has 1 fully saturated rings. The van der Waals surface area contributed by atoms with E-state index in [1.165, 1.54) is 0 Å². The van der Waals surface area contributed by atoms with E-state index in [9.17, 15) is 14.8 Å². The third-order valence-electron chi connectivity index (χ3n) is 5.46. The van der Waals surface area contributed by atoms with Gasteiger partial charge in [-0.05, 0) is 58.2 Å². The van der Waals surface area contributed by atoms with E-state index in [4.69, 9.17) is 9.72 Å². The average Bonchev–Trinajstić information content (AvgIpc) is 3.17. The first-order valence-electron chi connectivity index (χ1n) is 11.0. The van der Waals surface area contributed by atoms with Crippen LogP contribution in [0.1, 0.15) is 39.2 Å². The van der Waals surface area contributed by atoms with Crippen LogP contribution in [0.15, 0.2) is 24.5 Å². The minimum Gasteiger partial charge on any atom is -0.444 e. The van der Waals surface area contributed by atoms with Gasteiger partial charge in [0.05, 0.1) is 11.3 Å². The molecule has 33 heavy (non-hydrogen) atoms. The summed E-state index contributed by atoms with van der Waals surface area (Å²) in [6.07, 6.45) is 5.02. The highest BCUT2D eigenvalue weighted by Crippen LogP contribution is 2.29. The molecule has 11 heteroatoms. The number of nitrogens with zero attached hydrogens (tertiary/aromatic N) is 4. The van der Waals surface area contributed by atoms with E-state index < -0.39 is 12.7 Å². The summed E-state index contributed by atoms with van der Waals surface area (Å²) in [4.78, 5) is 30.7. The third-order valence-corrected chi connectivity index (χ3v) is 5.46. The number of likely N-dealkylation sites (tertiary alicyclic amines) is 1. The number of aromatic amines is 1. The van der Waals surface area contributed by atoms with Crippen LogP contribution in [0.4, 0.5) is 10.7 Å². The van der Waals surface area contributed by atoms with Crippen molar-refractivity contribution in [2.45, 2.75) is 52.2 Å². The molecule has 1 aliphatic rings. The van der Waals surface area contributed by atoms with Crippen LogP contribution in [-0.2, 0) is 4.74 Å². The van der Waals surface area contributed by atoms with Gasteiger partial charge in [-0.1, -0.05) is 0 Å². The van der Waals surface area contributed by atoms with E-state index in [2.05, 4.69) is 20.3 Å². The van der Waals surface area contributed by atoms with Crippen LogP contribution in [0.5, 0.6) is 0 Å². The molecular weight excluding hydrogens is 423 g/mol. The Labute approximate surface area is 192 Å². The van der Waals surface area contributed by atoms with Crippen molar-refractivity contribution in [2.24, 2.45) is 0 Å². The largest absolute Gasteiger partial charge is 0.508 e. The van der Waals surface area contributed by atoms with E-state index in [1.54, 1.807) is 29.4 Å². The smallest absolute Gasteiger partial charge is 0.444 e. The Bertz CT molecular complexity index is 1160. The highest BCUT2D eigenvalue weighted by Gasteiger charge is 2.28. The Balaban J connectivity index is 1.53. The summed E-state index contributed by atoms with van der Waals surface area (Å²) >= 11 is 0. The summed E-state index contributed by atoms with van der Waals surface area (Å²) in [7, 11) is -1.63. The summed E-state index contributed by atoms with van der Waals surface area (Å²) in [5.41, 5.74) is 2.67. The number of aromatic nitrogens is 4. The summed E-state index contributed by atoms with van der Waals surface area (Å²) in [6, 6.07) is 3.38. The van der Waals surface area contributed by atoms with Gasteiger partial charge in [-0.2, -0.15) is 0 Å². The minimum atomic E-state index is -1.63. The third kappa shape index (κ3) is 5.26. The van der Waals surface area contributed by atoms with Gasteiger partial charge in [-0.25, -0.2) is 19.7 Å². The zero-order valence-corrected chi connectivity index (χ0v) is 19.3. The van der Waals surface area contributed by atoms with Crippen molar-refractivity contribution in [3.05, 3.63) is 30.1 Å². The number of pyridine rings is 1. The summed E-state index contributed by atoms with van der Waals surface area (Å²) in [5, 5.41) is 22.9. The molecule has 0 unspecified atom stereocenters. The van der Waals surface area contributed by atoms with Gasteiger partial charge in [0, 0.05) is 42.5 Å². The van der Waals surface area contributed by atoms with Gasteiger partial charge >= 0.3 is 13.2 Å². The number of carbonyl (C=O) groups excluding carboxylic acids is 1. The Morgan fingerprint density at radius 3 is 2.82 bits per heavy atom. The van der Waals surface area contributed by atoms with Crippen LogP contribution in [0.3, 0.4) is 0 Å². The van der Waals surface area contributed by atoms with E-state index in [-0.39, 0.29) is 17.7 Å². The molecule has 4 N–H and O–H groups in total.